The van der Waals surface area contributed by atoms with E-state index in [0.717, 1.165) is 12.1 Å². The monoisotopic (exact) mass is 358 g/mol. The maximum absolute atomic E-state index is 13.7. The molecule has 0 bridgehead atoms. The fourth-order valence-corrected chi connectivity index (χ4v) is 1.97. The molecule has 0 spiro atoms. The Bertz CT molecular complexity index is 837. The van der Waals surface area contributed by atoms with Gasteiger partial charge in [0.1, 0.15) is 17.1 Å². The van der Waals surface area contributed by atoms with Crippen molar-refractivity contribution >= 4 is 17.3 Å². The zero-order valence-electron chi connectivity index (χ0n) is 12.6. The van der Waals surface area contributed by atoms with E-state index in [1.54, 1.807) is 0 Å². The molecule has 0 aliphatic rings. The van der Waals surface area contributed by atoms with Crippen LogP contribution in [0.2, 0.25) is 0 Å². The van der Waals surface area contributed by atoms with E-state index in [2.05, 4.69) is 0 Å². The second kappa shape index (κ2) is 6.75. The SMILES string of the molecule is COc1ccc([N+](=O)[O-])c(C(=O)Nc2cc(C(F)(F)F)ccc2F)c1. The van der Waals surface area contributed by atoms with Crippen LogP contribution in [-0.4, -0.2) is 17.9 Å². The van der Waals surface area contributed by atoms with Crippen LogP contribution >= 0.6 is 0 Å². The number of amides is 1. The lowest BCUT2D eigenvalue weighted by molar-refractivity contribution is -0.385. The van der Waals surface area contributed by atoms with Crippen molar-refractivity contribution in [2.24, 2.45) is 0 Å². The summed E-state index contributed by atoms with van der Waals surface area (Å²) in [4.78, 5) is 22.3. The Morgan fingerprint density at radius 2 is 1.88 bits per heavy atom. The number of nitrogens with one attached hydrogen (secondary N) is 1. The van der Waals surface area contributed by atoms with Crippen LogP contribution in [0.3, 0.4) is 0 Å². The highest BCUT2D eigenvalue weighted by Crippen LogP contribution is 2.32. The van der Waals surface area contributed by atoms with Crippen molar-refractivity contribution in [3.63, 3.8) is 0 Å². The highest BCUT2D eigenvalue weighted by Gasteiger charge is 2.31. The van der Waals surface area contributed by atoms with Gasteiger partial charge in [0, 0.05) is 6.07 Å². The zero-order chi connectivity index (χ0) is 18.8. The predicted molar refractivity (Wildman–Crippen MR) is 79.0 cm³/mol. The lowest BCUT2D eigenvalue weighted by Crippen LogP contribution is -2.16. The van der Waals surface area contributed by atoms with Gasteiger partial charge in [0.15, 0.2) is 0 Å². The summed E-state index contributed by atoms with van der Waals surface area (Å²) in [6.07, 6.45) is -4.74. The molecule has 0 saturated heterocycles. The summed E-state index contributed by atoms with van der Waals surface area (Å²) < 4.78 is 56.6. The van der Waals surface area contributed by atoms with E-state index in [0.29, 0.717) is 18.2 Å². The van der Waals surface area contributed by atoms with Gasteiger partial charge in [-0.05, 0) is 30.3 Å². The number of rotatable bonds is 4. The summed E-state index contributed by atoms with van der Waals surface area (Å²) in [5.41, 5.74) is -3.02. The van der Waals surface area contributed by atoms with Crippen molar-refractivity contribution in [2.75, 3.05) is 12.4 Å². The number of nitro groups is 1. The Morgan fingerprint density at radius 1 is 1.20 bits per heavy atom. The van der Waals surface area contributed by atoms with Crippen LogP contribution in [-0.2, 0) is 6.18 Å². The number of halogens is 4. The molecule has 0 aliphatic carbocycles. The molecular weight excluding hydrogens is 348 g/mol. The topological polar surface area (TPSA) is 81.5 Å². The fourth-order valence-electron chi connectivity index (χ4n) is 1.97. The number of hydrogen-bond donors (Lipinski definition) is 1. The fraction of sp³-hybridized carbons (Fsp3) is 0.133. The molecule has 0 saturated carbocycles. The van der Waals surface area contributed by atoms with Crippen LogP contribution in [0.25, 0.3) is 0 Å². The Morgan fingerprint density at radius 3 is 2.44 bits per heavy atom. The minimum absolute atomic E-state index is 0.111. The first kappa shape index (κ1) is 18.2. The highest BCUT2D eigenvalue weighted by atomic mass is 19.4. The van der Waals surface area contributed by atoms with Crippen LogP contribution in [0, 0.1) is 15.9 Å². The second-order valence-electron chi connectivity index (χ2n) is 4.79. The summed E-state index contributed by atoms with van der Waals surface area (Å²) in [6, 6.07) is 4.71. The zero-order valence-corrected chi connectivity index (χ0v) is 12.6. The molecule has 6 nitrogen and oxygen atoms in total. The number of nitro benzene ring substituents is 1. The molecule has 132 valence electrons. The van der Waals surface area contributed by atoms with Crippen molar-refractivity contribution in [3.8, 4) is 5.75 Å². The number of carbonyl (C=O) groups excluding carboxylic acids is 1. The third kappa shape index (κ3) is 4.03. The van der Waals surface area contributed by atoms with E-state index in [4.69, 9.17) is 4.74 Å². The lowest BCUT2D eigenvalue weighted by Gasteiger charge is -2.11. The standard InChI is InChI=1S/C15H10F4N2O4/c1-25-9-3-5-13(21(23)24)10(7-9)14(22)20-12-6-8(15(17,18)19)2-4-11(12)16/h2-7H,1H3,(H,20,22). The van der Waals surface area contributed by atoms with Crippen molar-refractivity contribution in [1.82, 2.24) is 0 Å². The summed E-state index contributed by atoms with van der Waals surface area (Å²) in [6.45, 7) is 0. The van der Waals surface area contributed by atoms with Gasteiger partial charge in [-0.3, -0.25) is 14.9 Å². The first-order valence-corrected chi connectivity index (χ1v) is 6.64. The molecule has 0 heterocycles. The number of methoxy groups -OCH3 is 1. The van der Waals surface area contributed by atoms with Crippen LogP contribution in [0.1, 0.15) is 15.9 Å². The number of hydrogen-bond acceptors (Lipinski definition) is 4. The molecule has 0 radical (unpaired) electrons. The number of benzene rings is 2. The van der Waals surface area contributed by atoms with E-state index >= 15 is 0 Å². The molecule has 2 rings (SSSR count). The predicted octanol–water partition coefficient (Wildman–Crippen LogP) is 4.01. The lowest BCUT2D eigenvalue weighted by atomic mass is 10.1. The quantitative estimate of drug-likeness (QED) is 0.509. The molecular formula is C15H10F4N2O4. The number of carbonyl (C=O) groups is 1. The van der Waals surface area contributed by atoms with E-state index in [1.165, 1.54) is 13.2 Å². The van der Waals surface area contributed by atoms with Gasteiger partial charge in [-0.2, -0.15) is 13.2 Å². The Labute approximate surface area is 138 Å². The maximum atomic E-state index is 13.7. The molecule has 0 fully saturated rings. The van der Waals surface area contributed by atoms with Gasteiger partial charge in [0.05, 0.1) is 23.3 Å². The first-order chi connectivity index (χ1) is 11.6. The van der Waals surface area contributed by atoms with Crippen molar-refractivity contribution in [3.05, 3.63) is 63.5 Å². The molecule has 10 heteroatoms. The number of anilines is 1. The third-order valence-corrected chi connectivity index (χ3v) is 3.19. The average Bonchev–Trinajstić information content (AvgIpc) is 2.55. The summed E-state index contributed by atoms with van der Waals surface area (Å²) in [5.74, 6) is -2.16. The van der Waals surface area contributed by atoms with E-state index < -0.39 is 45.3 Å². The van der Waals surface area contributed by atoms with Gasteiger partial charge in [0.2, 0.25) is 0 Å². The minimum atomic E-state index is -4.74. The molecule has 0 atom stereocenters. The van der Waals surface area contributed by atoms with Crippen molar-refractivity contribution < 1.29 is 32.0 Å². The summed E-state index contributed by atoms with van der Waals surface area (Å²) in [5, 5.41) is 12.9. The highest BCUT2D eigenvalue weighted by molar-refractivity contribution is 6.07. The van der Waals surface area contributed by atoms with E-state index in [9.17, 15) is 32.5 Å². The Balaban J connectivity index is 2.42. The number of ether oxygens (including phenoxy) is 1. The van der Waals surface area contributed by atoms with Crippen molar-refractivity contribution in [2.45, 2.75) is 6.18 Å². The van der Waals surface area contributed by atoms with Crippen LogP contribution in [0.4, 0.5) is 28.9 Å². The first-order valence-electron chi connectivity index (χ1n) is 6.64. The minimum Gasteiger partial charge on any atom is -0.497 e. The molecule has 0 unspecified atom stereocenters. The Kier molecular flexibility index (Phi) is 4.91. The molecule has 0 aromatic heterocycles. The van der Waals surface area contributed by atoms with Gasteiger partial charge >= 0.3 is 6.18 Å². The molecule has 25 heavy (non-hydrogen) atoms. The van der Waals surface area contributed by atoms with Crippen LogP contribution < -0.4 is 10.1 Å². The average molecular weight is 358 g/mol. The number of nitrogens with zero attached hydrogens (tertiary/aromatic N) is 1. The molecule has 2 aromatic carbocycles. The summed E-state index contributed by atoms with van der Waals surface area (Å²) in [7, 11) is 1.26. The van der Waals surface area contributed by atoms with Gasteiger partial charge in [-0.25, -0.2) is 4.39 Å². The van der Waals surface area contributed by atoms with Crippen molar-refractivity contribution in [1.29, 1.82) is 0 Å². The van der Waals surface area contributed by atoms with Gasteiger partial charge in [-0.15, -0.1) is 0 Å². The normalized spacial score (nSPS) is 11.1. The number of alkyl halides is 3. The Hall–Kier alpha value is -3.17. The molecule has 1 amide bonds. The smallest absolute Gasteiger partial charge is 0.416 e. The maximum Gasteiger partial charge on any atom is 0.416 e. The van der Waals surface area contributed by atoms with E-state index in [-0.39, 0.29) is 5.75 Å². The van der Waals surface area contributed by atoms with Gasteiger partial charge < -0.3 is 10.1 Å². The van der Waals surface area contributed by atoms with Gasteiger partial charge in [0.25, 0.3) is 11.6 Å². The molecule has 2 aromatic rings. The largest absolute Gasteiger partial charge is 0.497 e. The van der Waals surface area contributed by atoms with Crippen LogP contribution in [0.5, 0.6) is 5.75 Å². The summed E-state index contributed by atoms with van der Waals surface area (Å²) >= 11 is 0. The van der Waals surface area contributed by atoms with Gasteiger partial charge in [-0.1, -0.05) is 0 Å². The van der Waals surface area contributed by atoms with E-state index in [1.807, 2.05) is 5.32 Å². The molecule has 0 aliphatic heterocycles. The molecule has 1 N–H and O–H groups in total. The van der Waals surface area contributed by atoms with Crippen LogP contribution in [0.15, 0.2) is 36.4 Å². The third-order valence-electron chi connectivity index (χ3n) is 3.19. The second-order valence-corrected chi connectivity index (χ2v) is 4.79.